The molecule has 1 atom stereocenters. The molecule has 0 bridgehead atoms. The summed E-state index contributed by atoms with van der Waals surface area (Å²) in [6, 6.07) is 12.5. The van der Waals surface area contributed by atoms with Gasteiger partial charge in [0.1, 0.15) is 27.8 Å². The van der Waals surface area contributed by atoms with Gasteiger partial charge in [-0.25, -0.2) is 4.98 Å². The maximum atomic E-state index is 14.8. The average molecular weight is 571 g/mol. The number of hydrogen-bond acceptors (Lipinski definition) is 9. The van der Waals surface area contributed by atoms with E-state index in [0.29, 0.717) is 23.5 Å². The third-order valence-electron chi connectivity index (χ3n) is 6.15. The maximum Gasteiger partial charge on any atom is 0.422 e. The van der Waals surface area contributed by atoms with Crippen LogP contribution in [0.1, 0.15) is 22.5 Å². The third kappa shape index (κ3) is 6.22. The lowest BCUT2D eigenvalue weighted by Crippen LogP contribution is -2.44. The number of hydrogen-bond donors (Lipinski definition) is 2. The number of carbonyl (C=O) groups is 1. The van der Waals surface area contributed by atoms with Crippen molar-refractivity contribution < 1.29 is 27.4 Å². The van der Waals surface area contributed by atoms with Crippen molar-refractivity contribution in [3.05, 3.63) is 77.6 Å². The molecule has 0 spiro atoms. The second kappa shape index (κ2) is 12.0. The summed E-state index contributed by atoms with van der Waals surface area (Å²) in [5, 5.41) is 12.3. The van der Waals surface area contributed by atoms with Crippen LogP contribution < -0.4 is 20.7 Å². The fourth-order valence-electron chi connectivity index (χ4n) is 4.37. The quantitative estimate of drug-likeness (QED) is 0.296. The highest BCUT2D eigenvalue weighted by molar-refractivity contribution is 7.13. The number of nitrogens with one attached hydrogen (secondary N) is 1. The first-order chi connectivity index (χ1) is 19.3. The minimum atomic E-state index is -4.80. The zero-order valence-corrected chi connectivity index (χ0v) is 21.9. The Hall–Kier alpha value is -4.07. The van der Waals surface area contributed by atoms with Gasteiger partial charge >= 0.3 is 6.18 Å². The van der Waals surface area contributed by atoms with Crippen molar-refractivity contribution in [3.63, 3.8) is 0 Å². The number of carbonyl (C=O) groups excluding carboxylic acids is 1. The highest BCUT2D eigenvalue weighted by atomic mass is 32.1. The number of rotatable bonds is 8. The summed E-state index contributed by atoms with van der Waals surface area (Å²) in [6.45, 7) is 0.866. The minimum Gasteiger partial charge on any atom is -0.457 e. The Labute approximate surface area is 231 Å². The Bertz CT molecular complexity index is 1450. The van der Waals surface area contributed by atoms with Crippen LogP contribution in [0.15, 0.2) is 66.3 Å². The molecule has 1 fully saturated rings. The molecule has 0 aliphatic carbocycles. The standard InChI is InChI=1S/C27H25F3N6O3S/c28-27(29,30)23-22(39-18-4-2-1-3-5-18)7-6-20(24(23)36-12-13-38-19(15-36)8-10-31)34-25(37)21-16-40-26(35-21)17-9-11-32-33-14-17/h1-7,9,11,14,16,19H,8,10,12-13,15,31H2,(H,34,37)/t19-/m1/s1. The molecule has 1 aliphatic heterocycles. The summed E-state index contributed by atoms with van der Waals surface area (Å²) in [6.07, 6.45) is -1.68. The van der Waals surface area contributed by atoms with Crippen LogP contribution in [0.3, 0.4) is 0 Å². The number of nitrogens with two attached hydrogens (primary N) is 1. The number of anilines is 2. The van der Waals surface area contributed by atoms with Gasteiger partial charge in [-0.15, -0.1) is 11.3 Å². The molecule has 13 heteroatoms. The summed E-state index contributed by atoms with van der Waals surface area (Å²) in [5.41, 5.74) is 5.20. The lowest BCUT2D eigenvalue weighted by molar-refractivity contribution is -0.138. The molecule has 1 aliphatic rings. The van der Waals surface area contributed by atoms with Gasteiger partial charge in [0.15, 0.2) is 0 Å². The van der Waals surface area contributed by atoms with Crippen molar-refractivity contribution >= 4 is 28.6 Å². The Balaban J connectivity index is 1.54. The lowest BCUT2D eigenvalue weighted by Gasteiger charge is -2.37. The van der Waals surface area contributed by atoms with E-state index in [1.165, 1.54) is 41.2 Å². The Morgan fingerprint density at radius 3 is 2.73 bits per heavy atom. The van der Waals surface area contributed by atoms with Gasteiger partial charge in [0, 0.05) is 24.0 Å². The van der Waals surface area contributed by atoms with Gasteiger partial charge < -0.3 is 25.4 Å². The van der Waals surface area contributed by atoms with Crippen molar-refractivity contribution in [1.82, 2.24) is 15.2 Å². The van der Waals surface area contributed by atoms with E-state index in [2.05, 4.69) is 20.5 Å². The van der Waals surface area contributed by atoms with Gasteiger partial charge in [0.2, 0.25) is 0 Å². The van der Waals surface area contributed by atoms with Crippen LogP contribution in [0.25, 0.3) is 10.6 Å². The molecule has 40 heavy (non-hydrogen) atoms. The number of thiazole rings is 1. The fraction of sp³-hybridized carbons (Fsp3) is 0.259. The van der Waals surface area contributed by atoms with Crippen LogP contribution in [0.5, 0.6) is 11.5 Å². The highest BCUT2D eigenvalue weighted by Crippen LogP contribution is 2.48. The molecule has 2 aromatic carbocycles. The van der Waals surface area contributed by atoms with E-state index in [1.54, 1.807) is 41.3 Å². The molecule has 0 radical (unpaired) electrons. The molecule has 3 heterocycles. The maximum absolute atomic E-state index is 14.8. The SMILES string of the molecule is NCC[C@@H]1CN(c2c(NC(=O)c3csc(-c4ccnnc4)n3)ccc(Oc3ccccc3)c2C(F)(F)F)CCO1. The molecule has 1 saturated heterocycles. The highest BCUT2D eigenvalue weighted by Gasteiger charge is 2.41. The van der Waals surface area contributed by atoms with E-state index in [-0.39, 0.29) is 54.4 Å². The van der Waals surface area contributed by atoms with Crippen LogP contribution in [-0.2, 0) is 10.9 Å². The largest absolute Gasteiger partial charge is 0.457 e. The molecule has 3 N–H and O–H groups in total. The molecule has 4 aromatic rings. The molecule has 0 unspecified atom stereocenters. The average Bonchev–Trinajstić information content (AvgIpc) is 3.45. The van der Waals surface area contributed by atoms with E-state index in [4.69, 9.17) is 15.2 Å². The molecule has 1 amide bonds. The van der Waals surface area contributed by atoms with E-state index in [0.717, 1.165) is 0 Å². The topological polar surface area (TPSA) is 115 Å². The van der Waals surface area contributed by atoms with Crippen molar-refractivity contribution in [1.29, 1.82) is 0 Å². The Morgan fingerprint density at radius 1 is 1.18 bits per heavy atom. The van der Waals surface area contributed by atoms with E-state index in [9.17, 15) is 18.0 Å². The first kappa shape index (κ1) is 27.5. The van der Waals surface area contributed by atoms with Gasteiger partial charge in [0.05, 0.1) is 36.5 Å². The van der Waals surface area contributed by atoms with Crippen molar-refractivity contribution in [2.75, 3.05) is 36.5 Å². The number of aromatic nitrogens is 3. The van der Waals surface area contributed by atoms with Crippen molar-refractivity contribution in [2.24, 2.45) is 5.73 Å². The van der Waals surface area contributed by atoms with Crippen LogP contribution in [-0.4, -0.2) is 53.4 Å². The predicted octanol–water partition coefficient (Wildman–Crippen LogP) is 5.22. The molecule has 9 nitrogen and oxygen atoms in total. The van der Waals surface area contributed by atoms with Gasteiger partial charge in [0.25, 0.3) is 5.91 Å². The number of para-hydroxylation sites is 1. The summed E-state index contributed by atoms with van der Waals surface area (Å²) < 4.78 is 55.7. The van der Waals surface area contributed by atoms with Crippen LogP contribution in [0.4, 0.5) is 24.5 Å². The first-order valence-corrected chi connectivity index (χ1v) is 13.3. The minimum absolute atomic E-state index is 0.0220. The Morgan fingerprint density at radius 2 is 2.00 bits per heavy atom. The van der Waals surface area contributed by atoms with Crippen LogP contribution in [0, 0.1) is 0 Å². The molecule has 5 rings (SSSR count). The van der Waals surface area contributed by atoms with Gasteiger partial charge in [-0.05, 0) is 43.3 Å². The first-order valence-electron chi connectivity index (χ1n) is 12.4. The smallest absolute Gasteiger partial charge is 0.422 e. The second-order valence-electron chi connectivity index (χ2n) is 8.89. The van der Waals surface area contributed by atoms with E-state index >= 15 is 0 Å². The van der Waals surface area contributed by atoms with Crippen molar-refractivity contribution in [3.8, 4) is 22.1 Å². The van der Waals surface area contributed by atoms with E-state index in [1.807, 2.05) is 0 Å². The predicted molar refractivity (Wildman–Crippen MR) is 145 cm³/mol. The summed E-state index contributed by atoms with van der Waals surface area (Å²) in [5.74, 6) is -0.781. The number of halogens is 3. The molecular weight excluding hydrogens is 545 g/mol. The van der Waals surface area contributed by atoms with Crippen molar-refractivity contribution in [2.45, 2.75) is 18.7 Å². The molecule has 2 aromatic heterocycles. The Kier molecular flexibility index (Phi) is 8.24. The number of alkyl halides is 3. The number of nitrogens with zero attached hydrogens (tertiary/aromatic N) is 4. The van der Waals surface area contributed by atoms with Gasteiger partial charge in [-0.2, -0.15) is 23.4 Å². The van der Waals surface area contributed by atoms with Gasteiger partial charge in [-0.1, -0.05) is 18.2 Å². The molecular formula is C27H25F3N6O3S. The zero-order valence-electron chi connectivity index (χ0n) is 21.1. The molecule has 0 saturated carbocycles. The van der Waals surface area contributed by atoms with Crippen LogP contribution in [0.2, 0.25) is 0 Å². The third-order valence-corrected chi connectivity index (χ3v) is 7.05. The summed E-state index contributed by atoms with van der Waals surface area (Å²) in [4.78, 5) is 19.1. The summed E-state index contributed by atoms with van der Waals surface area (Å²) >= 11 is 1.21. The fourth-order valence-corrected chi connectivity index (χ4v) is 5.16. The summed E-state index contributed by atoms with van der Waals surface area (Å²) in [7, 11) is 0. The second-order valence-corrected chi connectivity index (χ2v) is 9.75. The normalized spacial score (nSPS) is 15.6. The number of benzene rings is 2. The van der Waals surface area contributed by atoms with Crippen LogP contribution >= 0.6 is 11.3 Å². The monoisotopic (exact) mass is 570 g/mol. The lowest BCUT2D eigenvalue weighted by atomic mass is 10.1. The van der Waals surface area contributed by atoms with Gasteiger partial charge in [-0.3, -0.25) is 4.79 Å². The van der Waals surface area contributed by atoms with E-state index < -0.39 is 17.6 Å². The molecule has 208 valence electrons. The number of ether oxygens (including phenoxy) is 2. The number of morpholine rings is 1. The number of amides is 1. The zero-order chi connectivity index (χ0) is 28.1.